The normalized spacial score (nSPS) is 19.9. The van der Waals surface area contributed by atoms with E-state index in [1.165, 1.54) is 31.7 Å². The summed E-state index contributed by atoms with van der Waals surface area (Å²) in [6.45, 7) is 5.67. The fourth-order valence-electron chi connectivity index (χ4n) is 3.91. The molecule has 2 atom stereocenters. The molecule has 1 N–H and O–H groups in total. The van der Waals surface area contributed by atoms with Gasteiger partial charge in [-0.1, -0.05) is 45.4 Å². The number of aliphatic hydroxyl groups excluding tert-OH is 1. The Hall–Kier alpha value is -2.34. The van der Waals surface area contributed by atoms with Crippen molar-refractivity contribution < 1.29 is 23.8 Å². The summed E-state index contributed by atoms with van der Waals surface area (Å²) in [5.41, 5.74) is -0.781. The van der Waals surface area contributed by atoms with Crippen molar-refractivity contribution in [2.45, 2.75) is 89.9 Å². The van der Waals surface area contributed by atoms with Crippen LogP contribution in [0.2, 0.25) is 0 Å². The average molecular weight is 417 g/mol. The maximum atomic E-state index is 12.5. The predicted octanol–water partition coefficient (Wildman–Crippen LogP) is 5.05. The van der Waals surface area contributed by atoms with Crippen LogP contribution in [0.4, 0.5) is 0 Å². The van der Waals surface area contributed by atoms with Crippen LogP contribution >= 0.6 is 0 Å². The van der Waals surface area contributed by atoms with Gasteiger partial charge in [0.1, 0.15) is 23.0 Å². The van der Waals surface area contributed by atoms with Gasteiger partial charge in [-0.3, -0.25) is 4.79 Å². The van der Waals surface area contributed by atoms with Crippen molar-refractivity contribution in [2.24, 2.45) is 0 Å². The van der Waals surface area contributed by atoms with E-state index in [9.17, 15) is 14.7 Å². The molecular weight excluding hydrogens is 384 g/mol. The summed E-state index contributed by atoms with van der Waals surface area (Å²) in [6, 6.07) is 6.51. The first-order chi connectivity index (χ1) is 14.3. The Bertz CT molecular complexity index is 929. The van der Waals surface area contributed by atoms with E-state index in [2.05, 4.69) is 6.92 Å². The molecule has 30 heavy (non-hydrogen) atoms. The molecule has 0 spiro atoms. The lowest BCUT2D eigenvalue weighted by molar-refractivity contribution is -0.170. The van der Waals surface area contributed by atoms with Crippen molar-refractivity contribution in [3.8, 4) is 5.75 Å². The fraction of sp³-hybridized carbons (Fsp3) is 0.583. The van der Waals surface area contributed by atoms with Gasteiger partial charge < -0.3 is 19.0 Å². The van der Waals surface area contributed by atoms with E-state index in [1.54, 1.807) is 32.0 Å². The van der Waals surface area contributed by atoms with E-state index in [1.807, 2.05) is 0 Å². The zero-order valence-corrected chi connectivity index (χ0v) is 18.1. The first-order valence-electron chi connectivity index (χ1n) is 11.0. The molecular formula is C24H32O6. The molecule has 3 rings (SSSR count). The minimum Gasteiger partial charge on any atom is -0.484 e. The predicted molar refractivity (Wildman–Crippen MR) is 115 cm³/mol. The zero-order chi connectivity index (χ0) is 21.7. The Balaban J connectivity index is 1.75. The number of ether oxygens (including phenoxy) is 2. The van der Waals surface area contributed by atoms with Crippen LogP contribution in [0.15, 0.2) is 33.5 Å². The number of hydrogen-bond acceptors (Lipinski definition) is 6. The highest BCUT2D eigenvalue weighted by Gasteiger charge is 2.46. The largest absolute Gasteiger partial charge is 0.484 e. The first-order valence-corrected chi connectivity index (χ1v) is 11.0. The van der Waals surface area contributed by atoms with Crippen LogP contribution in [-0.2, 0) is 9.53 Å². The number of hydrogen-bond donors (Lipinski definition) is 1. The van der Waals surface area contributed by atoms with Gasteiger partial charge in [0.2, 0.25) is 0 Å². The molecule has 2 aromatic rings. The van der Waals surface area contributed by atoms with E-state index in [4.69, 9.17) is 13.9 Å². The molecule has 1 aromatic heterocycles. The molecule has 6 heteroatoms. The highest BCUT2D eigenvalue weighted by molar-refractivity contribution is 5.83. The minimum atomic E-state index is -1.10. The lowest BCUT2D eigenvalue weighted by atomic mass is 9.87. The smallest absolute Gasteiger partial charge is 0.336 e. The van der Waals surface area contributed by atoms with Crippen LogP contribution in [0.3, 0.4) is 0 Å². The topological polar surface area (TPSA) is 86.0 Å². The molecule has 0 saturated heterocycles. The molecule has 0 unspecified atom stereocenters. The summed E-state index contributed by atoms with van der Waals surface area (Å²) >= 11 is 0. The standard InChI is InChI=1S/C24H32O6/c1-4-5-6-7-8-9-10-11-18(25)29-22-20-17(30-24(2,3)23(22)27)14-12-16-13-15-19(26)28-21(16)20/h12-15,22-23,27H,4-11H2,1-3H3/t22-,23-/m1/s1. The van der Waals surface area contributed by atoms with Crippen molar-refractivity contribution in [3.05, 3.63) is 40.2 Å². The van der Waals surface area contributed by atoms with Crippen molar-refractivity contribution in [2.75, 3.05) is 0 Å². The molecule has 0 saturated carbocycles. The molecule has 0 bridgehead atoms. The molecule has 0 aliphatic carbocycles. The number of rotatable bonds is 9. The Kier molecular flexibility index (Phi) is 7.19. The third-order valence-electron chi connectivity index (χ3n) is 5.69. The summed E-state index contributed by atoms with van der Waals surface area (Å²) < 4.78 is 17.1. The molecule has 1 aromatic carbocycles. The Morgan fingerprint density at radius 2 is 1.73 bits per heavy atom. The van der Waals surface area contributed by atoms with Crippen LogP contribution < -0.4 is 10.4 Å². The highest BCUT2D eigenvalue weighted by Crippen LogP contribution is 2.45. The van der Waals surface area contributed by atoms with Crippen LogP contribution in [0.25, 0.3) is 11.0 Å². The van der Waals surface area contributed by atoms with E-state index >= 15 is 0 Å². The van der Waals surface area contributed by atoms with Crippen LogP contribution in [0, 0.1) is 0 Å². The van der Waals surface area contributed by atoms with Gasteiger partial charge in [0.15, 0.2) is 6.10 Å². The number of benzene rings is 1. The molecule has 164 valence electrons. The van der Waals surface area contributed by atoms with Crippen molar-refractivity contribution in [1.29, 1.82) is 0 Å². The molecule has 1 aliphatic rings. The third kappa shape index (κ3) is 5.04. The molecule has 0 fully saturated rings. The highest BCUT2D eigenvalue weighted by atomic mass is 16.6. The van der Waals surface area contributed by atoms with Gasteiger partial charge in [-0.2, -0.15) is 0 Å². The molecule has 2 heterocycles. The summed E-state index contributed by atoms with van der Waals surface area (Å²) in [7, 11) is 0. The maximum absolute atomic E-state index is 12.5. The maximum Gasteiger partial charge on any atom is 0.336 e. The Morgan fingerprint density at radius 3 is 2.47 bits per heavy atom. The second kappa shape index (κ2) is 9.65. The summed E-state index contributed by atoms with van der Waals surface area (Å²) in [6.07, 6.45) is 5.97. The van der Waals surface area contributed by atoms with Crippen molar-refractivity contribution in [3.63, 3.8) is 0 Å². The Labute approximate surface area is 177 Å². The first kappa shape index (κ1) is 22.3. The lowest BCUT2D eigenvalue weighted by Crippen LogP contribution is -2.49. The fourth-order valence-corrected chi connectivity index (χ4v) is 3.91. The molecule has 1 aliphatic heterocycles. The van der Waals surface area contributed by atoms with Gasteiger partial charge in [0.25, 0.3) is 0 Å². The van der Waals surface area contributed by atoms with Crippen molar-refractivity contribution in [1.82, 2.24) is 0 Å². The summed E-state index contributed by atoms with van der Waals surface area (Å²) in [5, 5.41) is 11.6. The number of unbranched alkanes of at least 4 members (excludes halogenated alkanes) is 6. The van der Waals surface area contributed by atoms with Gasteiger partial charge >= 0.3 is 11.6 Å². The zero-order valence-electron chi connectivity index (χ0n) is 18.1. The minimum absolute atomic E-state index is 0.281. The third-order valence-corrected chi connectivity index (χ3v) is 5.69. The van der Waals surface area contributed by atoms with E-state index in [-0.39, 0.29) is 11.6 Å². The number of aliphatic hydroxyl groups is 1. The monoisotopic (exact) mass is 416 g/mol. The van der Waals surface area contributed by atoms with Crippen molar-refractivity contribution >= 4 is 16.9 Å². The number of esters is 1. The second-order valence-electron chi connectivity index (χ2n) is 8.58. The van der Waals surface area contributed by atoms with E-state index < -0.39 is 23.4 Å². The number of fused-ring (bicyclic) bond motifs is 3. The van der Waals surface area contributed by atoms with Gasteiger partial charge in [-0.05, 0) is 38.5 Å². The lowest BCUT2D eigenvalue weighted by Gasteiger charge is -2.41. The summed E-state index contributed by atoms with van der Waals surface area (Å²) in [4.78, 5) is 24.3. The van der Waals surface area contributed by atoms with E-state index in [0.717, 1.165) is 19.3 Å². The van der Waals surface area contributed by atoms with E-state index in [0.29, 0.717) is 23.1 Å². The van der Waals surface area contributed by atoms with Gasteiger partial charge in [-0.15, -0.1) is 0 Å². The molecule has 0 radical (unpaired) electrons. The quantitative estimate of drug-likeness (QED) is 0.350. The number of carbonyl (C=O) groups is 1. The second-order valence-corrected chi connectivity index (χ2v) is 8.58. The average Bonchev–Trinajstić information content (AvgIpc) is 2.70. The van der Waals surface area contributed by atoms with Gasteiger partial charge in [-0.25, -0.2) is 4.79 Å². The molecule has 6 nitrogen and oxygen atoms in total. The van der Waals surface area contributed by atoms with Gasteiger partial charge in [0.05, 0.1) is 5.56 Å². The van der Waals surface area contributed by atoms with Gasteiger partial charge in [0, 0.05) is 17.9 Å². The van der Waals surface area contributed by atoms with Crippen LogP contribution in [0.5, 0.6) is 5.75 Å². The number of carbonyl (C=O) groups excluding carboxylic acids is 1. The summed E-state index contributed by atoms with van der Waals surface area (Å²) in [5.74, 6) is 0.0763. The molecule has 0 amide bonds. The SMILES string of the molecule is CCCCCCCCCC(=O)O[C@@H]1c2c(ccc3ccc(=O)oc23)OC(C)(C)[C@@H]1O. The van der Waals surface area contributed by atoms with Crippen LogP contribution in [-0.4, -0.2) is 22.8 Å². The Morgan fingerprint density at radius 1 is 1.07 bits per heavy atom. The van der Waals surface area contributed by atoms with Crippen LogP contribution in [0.1, 0.15) is 83.8 Å².